The maximum absolute atomic E-state index is 12.6. The molecule has 0 bridgehead atoms. The Morgan fingerprint density at radius 3 is 2.46 bits per heavy atom. The van der Waals surface area contributed by atoms with Crippen LogP contribution in [0, 0.1) is 5.92 Å². The minimum atomic E-state index is -3.08. The van der Waals surface area contributed by atoms with Gasteiger partial charge < -0.3 is 16.0 Å². The smallest absolute Gasteiger partial charge is 0.315 e. The fraction of sp³-hybridized carbons (Fsp3) is 0.529. The zero-order valence-electron chi connectivity index (χ0n) is 14.8. The van der Waals surface area contributed by atoms with Crippen LogP contribution in [0.4, 0.5) is 10.5 Å². The molecule has 1 heterocycles. The number of hydrogen-bond donors (Lipinski definition) is 3. The second kappa shape index (κ2) is 8.73. The number of carbonyl (C=O) groups is 2. The molecule has 1 saturated heterocycles. The lowest BCUT2D eigenvalue weighted by Gasteiger charge is -2.24. The molecule has 3 unspecified atom stereocenters. The molecule has 1 aromatic rings. The maximum atomic E-state index is 12.6. The van der Waals surface area contributed by atoms with E-state index in [1.165, 1.54) is 0 Å². The molecule has 0 saturated carbocycles. The third-order valence-electron chi connectivity index (χ3n) is 4.46. The molecular weight excluding hydrogens is 378 g/mol. The van der Waals surface area contributed by atoms with Gasteiger partial charge in [0.25, 0.3) is 0 Å². The number of amides is 3. The van der Waals surface area contributed by atoms with E-state index in [2.05, 4.69) is 16.0 Å². The van der Waals surface area contributed by atoms with E-state index in [-0.39, 0.29) is 23.3 Å². The summed E-state index contributed by atoms with van der Waals surface area (Å²) in [6.07, 6.45) is 1.08. The van der Waals surface area contributed by atoms with E-state index in [9.17, 15) is 18.0 Å². The number of sulfone groups is 1. The van der Waals surface area contributed by atoms with Crippen LogP contribution in [0.2, 0.25) is 5.02 Å². The van der Waals surface area contributed by atoms with Crippen LogP contribution in [-0.2, 0) is 14.6 Å². The molecule has 3 amide bonds. The van der Waals surface area contributed by atoms with E-state index >= 15 is 0 Å². The lowest BCUT2D eigenvalue weighted by molar-refractivity contribution is -0.119. The molecule has 3 N–H and O–H groups in total. The molecule has 0 radical (unpaired) electrons. The highest BCUT2D eigenvalue weighted by Gasteiger charge is 2.31. The third kappa shape index (κ3) is 5.88. The third-order valence-corrected chi connectivity index (χ3v) is 6.48. The van der Waals surface area contributed by atoms with Crippen molar-refractivity contribution >= 4 is 39.1 Å². The first-order chi connectivity index (χ1) is 12.2. The summed E-state index contributed by atoms with van der Waals surface area (Å²) in [6, 6.07) is 4.98. The fourth-order valence-electron chi connectivity index (χ4n) is 2.73. The van der Waals surface area contributed by atoms with Gasteiger partial charge in [0.05, 0.1) is 11.5 Å². The average molecular weight is 402 g/mol. The van der Waals surface area contributed by atoms with Crippen molar-refractivity contribution in [2.24, 2.45) is 5.92 Å². The normalized spacial score (nSPS) is 20.8. The summed E-state index contributed by atoms with van der Waals surface area (Å²) in [5.74, 6) is -0.425. The monoisotopic (exact) mass is 401 g/mol. The second-order valence-electron chi connectivity index (χ2n) is 6.58. The Balaban J connectivity index is 1.98. The highest BCUT2D eigenvalue weighted by molar-refractivity contribution is 7.91. The Hall–Kier alpha value is -1.80. The summed E-state index contributed by atoms with van der Waals surface area (Å²) in [4.78, 5) is 24.8. The van der Waals surface area contributed by atoms with E-state index < -0.39 is 28.0 Å². The summed E-state index contributed by atoms with van der Waals surface area (Å²) in [5.41, 5.74) is 0.580. The van der Waals surface area contributed by atoms with Crippen LogP contribution in [-0.4, -0.2) is 43.9 Å². The number of benzene rings is 1. The molecule has 1 aliphatic heterocycles. The zero-order chi connectivity index (χ0) is 19.3. The van der Waals surface area contributed by atoms with Gasteiger partial charge in [0, 0.05) is 16.8 Å². The first-order valence-corrected chi connectivity index (χ1v) is 10.7. The molecule has 1 fully saturated rings. The summed E-state index contributed by atoms with van der Waals surface area (Å²) in [5, 5.41) is 8.64. The number of hydrogen-bond acceptors (Lipinski definition) is 4. The predicted molar refractivity (Wildman–Crippen MR) is 102 cm³/mol. The molecule has 0 aromatic heterocycles. The Morgan fingerprint density at radius 2 is 1.92 bits per heavy atom. The van der Waals surface area contributed by atoms with Gasteiger partial charge in [-0.05, 0) is 36.6 Å². The van der Waals surface area contributed by atoms with Crippen molar-refractivity contribution in [1.29, 1.82) is 0 Å². The summed E-state index contributed by atoms with van der Waals surface area (Å²) in [6.45, 7) is 3.79. The Bertz CT molecular complexity index is 752. The fourth-order valence-corrected chi connectivity index (χ4v) is 4.53. The number of anilines is 1. The number of urea groups is 1. The zero-order valence-corrected chi connectivity index (χ0v) is 16.4. The van der Waals surface area contributed by atoms with Crippen molar-refractivity contribution in [1.82, 2.24) is 10.6 Å². The van der Waals surface area contributed by atoms with Gasteiger partial charge >= 0.3 is 6.03 Å². The summed E-state index contributed by atoms with van der Waals surface area (Å²) >= 11 is 5.83. The SMILES string of the molecule is CCC(C)C(NC(=O)NC1CCS(=O)(=O)C1)C(=O)Nc1ccc(Cl)cc1. The first-order valence-electron chi connectivity index (χ1n) is 8.54. The lowest BCUT2D eigenvalue weighted by Crippen LogP contribution is -2.53. The van der Waals surface area contributed by atoms with Crippen molar-refractivity contribution in [3.8, 4) is 0 Å². The van der Waals surface area contributed by atoms with Crippen LogP contribution < -0.4 is 16.0 Å². The van der Waals surface area contributed by atoms with Crippen LogP contribution >= 0.6 is 11.6 Å². The van der Waals surface area contributed by atoms with Gasteiger partial charge in [-0.15, -0.1) is 0 Å². The number of nitrogens with one attached hydrogen (secondary N) is 3. The summed E-state index contributed by atoms with van der Waals surface area (Å²) < 4.78 is 23.0. The molecule has 1 aromatic carbocycles. The molecule has 0 spiro atoms. The minimum absolute atomic E-state index is 0.0641. The topological polar surface area (TPSA) is 104 Å². The molecular formula is C17H24ClN3O4S. The van der Waals surface area contributed by atoms with Crippen LogP contribution in [0.5, 0.6) is 0 Å². The van der Waals surface area contributed by atoms with Gasteiger partial charge in [0.15, 0.2) is 9.84 Å². The van der Waals surface area contributed by atoms with E-state index in [4.69, 9.17) is 11.6 Å². The molecule has 1 aliphatic rings. The van der Waals surface area contributed by atoms with Crippen LogP contribution in [0.25, 0.3) is 0 Å². The Labute approximate surface area is 158 Å². The van der Waals surface area contributed by atoms with Gasteiger partial charge in [0.2, 0.25) is 5.91 Å². The molecule has 26 heavy (non-hydrogen) atoms. The number of carbonyl (C=O) groups excluding carboxylic acids is 2. The maximum Gasteiger partial charge on any atom is 0.315 e. The Kier molecular flexibility index (Phi) is 6.88. The molecule has 9 heteroatoms. The largest absolute Gasteiger partial charge is 0.334 e. The second-order valence-corrected chi connectivity index (χ2v) is 9.24. The highest BCUT2D eigenvalue weighted by Crippen LogP contribution is 2.16. The lowest BCUT2D eigenvalue weighted by atomic mass is 9.98. The molecule has 7 nitrogen and oxygen atoms in total. The van der Waals surface area contributed by atoms with E-state index in [0.29, 0.717) is 23.6 Å². The molecule has 144 valence electrons. The molecule has 3 atom stereocenters. The number of rotatable bonds is 6. The molecule has 0 aliphatic carbocycles. The van der Waals surface area contributed by atoms with Gasteiger partial charge in [-0.2, -0.15) is 0 Å². The average Bonchev–Trinajstić information content (AvgIpc) is 2.92. The van der Waals surface area contributed by atoms with Gasteiger partial charge in [-0.25, -0.2) is 13.2 Å². The van der Waals surface area contributed by atoms with E-state index in [1.54, 1.807) is 24.3 Å². The van der Waals surface area contributed by atoms with Crippen LogP contribution in [0.1, 0.15) is 26.7 Å². The van der Waals surface area contributed by atoms with Gasteiger partial charge in [-0.1, -0.05) is 31.9 Å². The Morgan fingerprint density at radius 1 is 1.27 bits per heavy atom. The minimum Gasteiger partial charge on any atom is -0.334 e. The van der Waals surface area contributed by atoms with Crippen molar-refractivity contribution in [2.75, 3.05) is 16.8 Å². The standard InChI is InChI=1S/C17H24ClN3O4S/c1-3-11(2)15(16(22)19-13-6-4-12(18)5-7-13)21-17(23)20-14-8-9-26(24,25)10-14/h4-7,11,14-15H,3,8-10H2,1-2H3,(H,19,22)(H2,20,21,23). The first kappa shape index (κ1) is 20.5. The van der Waals surface area contributed by atoms with Crippen LogP contribution in [0.15, 0.2) is 24.3 Å². The highest BCUT2D eigenvalue weighted by atomic mass is 35.5. The van der Waals surface area contributed by atoms with Crippen molar-refractivity contribution < 1.29 is 18.0 Å². The summed E-state index contributed by atoms with van der Waals surface area (Å²) in [7, 11) is -3.08. The van der Waals surface area contributed by atoms with E-state index in [0.717, 1.165) is 0 Å². The van der Waals surface area contributed by atoms with Gasteiger partial charge in [0.1, 0.15) is 6.04 Å². The van der Waals surface area contributed by atoms with Crippen molar-refractivity contribution in [3.05, 3.63) is 29.3 Å². The number of halogens is 1. The predicted octanol–water partition coefficient (Wildman–Crippen LogP) is 2.18. The van der Waals surface area contributed by atoms with E-state index in [1.807, 2.05) is 13.8 Å². The van der Waals surface area contributed by atoms with Crippen molar-refractivity contribution in [3.63, 3.8) is 0 Å². The van der Waals surface area contributed by atoms with Crippen molar-refractivity contribution in [2.45, 2.75) is 38.8 Å². The quantitative estimate of drug-likeness (QED) is 0.679. The molecule has 2 rings (SSSR count). The van der Waals surface area contributed by atoms with Gasteiger partial charge in [-0.3, -0.25) is 4.79 Å². The van der Waals surface area contributed by atoms with Crippen LogP contribution in [0.3, 0.4) is 0 Å².